The maximum Gasteiger partial charge on any atom is 0.306 e. The molecule has 0 saturated carbocycles. The van der Waals surface area contributed by atoms with E-state index in [0.29, 0.717) is 5.75 Å². The summed E-state index contributed by atoms with van der Waals surface area (Å²) in [6, 6.07) is 10.7. The van der Waals surface area contributed by atoms with E-state index < -0.39 is 41.1 Å². The van der Waals surface area contributed by atoms with E-state index in [1.54, 1.807) is 24.3 Å². The van der Waals surface area contributed by atoms with Gasteiger partial charge in [0.2, 0.25) is 11.6 Å². The molecule has 1 heterocycles. The van der Waals surface area contributed by atoms with Crippen LogP contribution in [0, 0.1) is 0 Å². The fourth-order valence-electron chi connectivity index (χ4n) is 3.82. The van der Waals surface area contributed by atoms with Crippen molar-refractivity contribution < 1.29 is 33.4 Å². The van der Waals surface area contributed by atoms with E-state index in [9.17, 15) is 24.3 Å². The molecule has 1 atom stereocenters. The van der Waals surface area contributed by atoms with Crippen molar-refractivity contribution in [3.8, 4) is 5.75 Å². The highest BCUT2D eigenvalue weighted by Gasteiger charge is 2.39. The Morgan fingerprint density at radius 1 is 1.03 bits per heavy atom. The van der Waals surface area contributed by atoms with Crippen LogP contribution in [-0.2, 0) is 14.3 Å². The number of hydrogen-bond donors (Lipinski definition) is 1. The van der Waals surface area contributed by atoms with Crippen LogP contribution < -0.4 is 10.2 Å². The van der Waals surface area contributed by atoms with Crippen LogP contribution in [0.15, 0.2) is 63.5 Å². The van der Waals surface area contributed by atoms with Gasteiger partial charge in [0, 0.05) is 22.6 Å². The molecule has 3 aromatic rings. The maximum absolute atomic E-state index is 13.3. The van der Waals surface area contributed by atoms with E-state index >= 15 is 0 Å². The van der Waals surface area contributed by atoms with Crippen molar-refractivity contribution in [3.63, 3.8) is 0 Å². The lowest BCUT2D eigenvalue weighted by atomic mass is 9.78. The Bertz CT molecular complexity index is 1360. The summed E-state index contributed by atoms with van der Waals surface area (Å²) in [5.41, 5.74) is -0.490. The first-order valence-electron chi connectivity index (χ1n) is 9.65. The number of aliphatic hydroxyl groups excluding tert-OH is 1. The van der Waals surface area contributed by atoms with E-state index in [4.69, 9.17) is 13.9 Å². The molecule has 4 rings (SSSR count). The molecular weight excluding hydrogens is 416 g/mol. The SMILES string of the molecule is COC(=O)C[C@H](C1=C(O)c2ccccc2C(=O)C1=O)c1coc2ccc(OC)cc2c1=O. The average Bonchev–Trinajstić information content (AvgIpc) is 2.82. The van der Waals surface area contributed by atoms with Crippen molar-refractivity contribution in [1.82, 2.24) is 0 Å². The van der Waals surface area contributed by atoms with Crippen LogP contribution in [0.5, 0.6) is 5.75 Å². The Morgan fingerprint density at radius 2 is 1.75 bits per heavy atom. The van der Waals surface area contributed by atoms with Crippen molar-refractivity contribution in [3.05, 3.63) is 81.2 Å². The summed E-state index contributed by atoms with van der Waals surface area (Å²) in [6.45, 7) is 0. The average molecular weight is 434 g/mol. The van der Waals surface area contributed by atoms with Crippen LogP contribution in [-0.4, -0.2) is 36.9 Å². The van der Waals surface area contributed by atoms with E-state index in [1.165, 1.54) is 25.3 Å². The number of ketones is 2. The van der Waals surface area contributed by atoms with Crippen molar-refractivity contribution in [2.24, 2.45) is 0 Å². The first kappa shape index (κ1) is 21.0. The van der Waals surface area contributed by atoms with Gasteiger partial charge in [0.05, 0.1) is 37.9 Å². The number of carbonyl (C=O) groups is 3. The van der Waals surface area contributed by atoms with Crippen LogP contribution in [0.25, 0.3) is 16.7 Å². The van der Waals surface area contributed by atoms with E-state index in [1.807, 2.05) is 0 Å². The number of benzene rings is 2. The third kappa shape index (κ3) is 3.35. The van der Waals surface area contributed by atoms with Crippen molar-refractivity contribution in [2.75, 3.05) is 14.2 Å². The summed E-state index contributed by atoms with van der Waals surface area (Å²) in [4.78, 5) is 51.2. The molecule has 0 saturated heterocycles. The lowest BCUT2D eigenvalue weighted by molar-refractivity contribution is -0.140. The number of esters is 1. The lowest BCUT2D eigenvalue weighted by Gasteiger charge is -2.24. The summed E-state index contributed by atoms with van der Waals surface area (Å²) >= 11 is 0. The predicted molar refractivity (Wildman–Crippen MR) is 114 cm³/mol. The van der Waals surface area contributed by atoms with Gasteiger partial charge >= 0.3 is 5.97 Å². The zero-order valence-corrected chi connectivity index (χ0v) is 17.2. The molecule has 8 heteroatoms. The van der Waals surface area contributed by atoms with Gasteiger partial charge in [0.25, 0.3) is 0 Å². The fraction of sp³-hybridized carbons (Fsp3) is 0.167. The fourth-order valence-corrected chi connectivity index (χ4v) is 3.82. The molecule has 0 bridgehead atoms. The molecule has 0 spiro atoms. The normalized spacial score (nSPS) is 14.3. The summed E-state index contributed by atoms with van der Waals surface area (Å²) in [5.74, 6) is -3.90. The van der Waals surface area contributed by atoms with Crippen LogP contribution >= 0.6 is 0 Å². The largest absolute Gasteiger partial charge is 0.507 e. The van der Waals surface area contributed by atoms with Gasteiger partial charge in [-0.25, -0.2) is 0 Å². The van der Waals surface area contributed by atoms with Crippen molar-refractivity contribution >= 4 is 34.3 Å². The molecule has 0 radical (unpaired) electrons. The minimum atomic E-state index is -1.26. The summed E-state index contributed by atoms with van der Waals surface area (Å²) in [7, 11) is 2.60. The zero-order valence-electron chi connectivity index (χ0n) is 17.2. The number of Topliss-reactive ketones (excluding diaryl/α,β-unsaturated/α-hetero) is 2. The molecule has 0 unspecified atom stereocenters. The van der Waals surface area contributed by atoms with Gasteiger partial charge in [-0.15, -0.1) is 0 Å². The minimum absolute atomic E-state index is 0.0471. The molecule has 8 nitrogen and oxygen atoms in total. The van der Waals surface area contributed by atoms with Gasteiger partial charge in [-0.1, -0.05) is 24.3 Å². The number of carbonyl (C=O) groups excluding carboxylic acids is 3. The number of aliphatic hydroxyl groups is 1. The minimum Gasteiger partial charge on any atom is -0.507 e. The Kier molecular flexibility index (Phi) is 5.36. The lowest BCUT2D eigenvalue weighted by Crippen LogP contribution is -2.30. The zero-order chi connectivity index (χ0) is 23.0. The highest BCUT2D eigenvalue weighted by Crippen LogP contribution is 2.38. The monoisotopic (exact) mass is 434 g/mol. The molecular formula is C24H18O8. The Hall–Kier alpha value is -4.20. The number of allylic oxidation sites excluding steroid dienone is 1. The number of fused-ring (bicyclic) bond motifs is 2. The number of hydrogen-bond acceptors (Lipinski definition) is 8. The molecule has 1 aromatic heterocycles. The van der Waals surface area contributed by atoms with Crippen LogP contribution in [0.4, 0.5) is 0 Å². The second kappa shape index (κ2) is 8.14. The topological polar surface area (TPSA) is 120 Å². The summed E-state index contributed by atoms with van der Waals surface area (Å²) < 4.78 is 15.5. The number of ether oxygens (including phenoxy) is 2. The number of rotatable bonds is 5. The molecule has 0 aliphatic heterocycles. The third-order valence-electron chi connectivity index (χ3n) is 5.46. The second-order valence-corrected chi connectivity index (χ2v) is 7.18. The number of methoxy groups -OCH3 is 2. The van der Waals surface area contributed by atoms with E-state index in [0.717, 1.165) is 13.4 Å². The van der Waals surface area contributed by atoms with Gasteiger partial charge in [-0.2, -0.15) is 0 Å². The van der Waals surface area contributed by atoms with Gasteiger partial charge in [-0.3, -0.25) is 19.2 Å². The molecule has 0 amide bonds. The Labute approximate surface area is 181 Å². The molecule has 0 fully saturated rings. The molecule has 2 aromatic carbocycles. The highest BCUT2D eigenvalue weighted by molar-refractivity contribution is 6.52. The molecule has 1 N–H and O–H groups in total. The Balaban J connectivity index is 1.98. The van der Waals surface area contributed by atoms with Crippen molar-refractivity contribution in [2.45, 2.75) is 12.3 Å². The van der Waals surface area contributed by atoms with Crippen LogP contribution in [0.1, 0.15) is 33.8 Å². The molecule has 1 aliphatic carbocycles. The standard InChI is InChI=1S/C24H18O8/c1-30-12-7-8-18-16(9-12)21(26)17(11-32-18)15(10-19(25)31-2)20-22(27)13-5-3-4-6-14(13)23(28)24(20)29/h3-9,11,15,27H,10H2,1-2H3/t15-/m0/s1. The third-order valence-corrected chi connectivity index (χ3v) is 5.46. The highest BCUT2D eigenvalue weighted by atomic mass is 16.5. The van der Waals surface area contributed by atoms with Gasteiger partial charge in [0.1, 0.15) is 17.1 Å². The molecule has 32 heavy (non-hydrogen) atoms. The molecule has 1 aliphatic rings. The van der Waals surface area contributed by atoms with Gasteiger partial charge < -0.3 is 19.0 Å². The van der Waals surface area contributed by atoms with Gasteiger partial charge in [-0.05, 0) is 18.2 Å². The predicted octanol–water partition coefficient (Wildman–Crippen LogP) is 3.18. The molecule has 162 valence electrons. The Morgan fingerprint density at radius 3 is 2.44 bits per heavy atom. The maximum atomic E-state index is 13.3. The second-order valence-electron chi connectivity index (χ2n) is 7.18. The van der Waals surface area contributed by atoms with Crippen LogP contribution in [0.3, 0.4) is 0 Å². The quantitative estimate of drug-likeness (QED) is 0.480. The first-order chi connectivity index (χ1) is 15.4. The van der Waals surface area contributed by atoms with Crippen molar-refractivity contribution in [1.29, 1.82) is 0 Å². The first-order valence-corrected chi connectivity index (χ1v) is 9.65. The summed E-state index contributed by atoms with van der Waals surface area (Å²) in [5, 5.41) is 11.1. The van der Waals surface area contributed by atoms with E-state index in [-0.39, 0.29) is 33.2 Å². The van der Waals surface area contributed by atoms with Crippen LogP contribution in [0.2, 0.25) is 0 Å². The van der Waals surface area contributed by atoms with Gasteiger partial charge in [0.15, 0.2) is 5.43 Å². The summed E-state index contributed by atoms with van der Waals surface area (Å²) in [6.07, 6.45) is 0.667. The van der Waals surface area contributed by atoms with E-state index in [2.05, 4.69) is 0 Å². The smallest absolute Gasteiger partial charge is 0.306 e.